The first-order valence-corrected chi connectivity index (χ1v) is 9.29. The number of benzene rings is 2. The average Bonchev–Trinajstić information content (AvgIpc) is 3.22. The number of nitrogens with zero attached hydrogens (tertiary/aromatic N) is 3. The maximum atomic E-state index is 13.3. The molecule has 2 aromatic carbocycles. The molecule has 3 heterocycles. The lowest BCUT2D eigenvalue weighted by molar-refractivity contribution is -0.123. The van der Waals surface area contributed by atoms with Gasteiger partial charge in [-0.3, -0.25) is 19.4 Å². The summed E-state index contributed by atoms with van der Waals surface area (Å²) in [4.78, 5) is 40.9. The van der Waals surface area contributed by atoms with Crippen molar-refractivity contribution >= 4 is 29.5 Å². The molecule has 6 nitrogen and oxygen atoms in total. The largest absolute Gasteiger partial charge is 0.292 e. The van der Waals surface area contributed by atoms with Crippen molar-refractivity contribution in [3.05, 3.63) is 78.1 Å². The van der Waals surface area contributed by atoms with Crippen molar-refractivity contribution in [3.8, 4) is 0 Å². The molecule has 5 rings (SSSR count). The molecule has 4 atom stereocenters. The van der Waals surface area contributed by atoms with Crippen molar-refractivity contribution in [1.82, 2.24) is 5.01 Å². The standard InChI is InChI=1S/C22H16FN3O3/c23-14-8-10-15(11-9-14)25-21(28)17-16-7-4-12-24-26(16)19(18(17)22(25)29)20(27)13-5-2-1-3-6-13/h1-12,16-19H/t16-,17-,18-,19+/m1/s1. The molecule has 0 radical (unpaired) electrons. The van der Waals surface area contributed by atoms with Gasteiger partial charge in [0.1, 0.15) is 11.9 Å². The number of amides is 2. The molecule has 0 unspecified atom stereocenters. The minimum atomic E-state index is -0.879. The van der Waals surface area contributed by atoms with E-state index in [2.05, 4.69) is 5.10 Å². The molecule has 0 N–H and O–H groups in total. The topological polar surface area (TPSA) is 70.0 Å². The van der Waals surface area contributed by atoms with Crippen molar-refractivity contribution < 1.29 is 18.8 Å². The molecule has 0 spiro atoms. The summed E-state index contributed by atoms with van der Waals surface area (Å²) in [7, 11) is 0. The van der Waals surface area contributed by atoms with E-state index in [1.165, 1.54) is 24.3 Å². The third kappa shape index (κ3) is 2.54. The first-order valence-electron chi connectivity index (χ1n) is 9.29. The Kier molecular flexibility index (Phi) is 3.91. The van der Waals surface area contributed by atoms with Crippen molar-refractivity contribution in [1.29, 1.82) is 0 Å². The van der Waals surface area contributed by atoms with Gasteiger partial charge in [-0.05, 0) is 30.3 Å². The SMILES string of the molecule is O=C(c1ccccc1)[C@@H]1[C@@H]2C(=O)N(c3ccc(F)cc3)C(=O)[C@@H]2[C@H]2C=CC=NN21. The first-order chi connectivity index (χ1) is 14.1. The van der Waals surface area contributed by atoms with Crippen LogP contribution < -0.4 is 4.90 Å². The van der Waals surface area contributed by atoms with Crippen LogP contribution in [0.1, 0.15) is 10.4 Å². The summed E-state index contributed by atoms with van der Waals surface area (Å²) >= 11 is 0. The van der Waals surface area contributed by atoms with Crippen LogP contribution in [-0.2, 0) is 9.59 Å². The summed E-state index contributed by atoms with van der Waals surface area (Å²) in [5.74, 6) is -3.15. The molecule has 144 valence electrons. The minimum absolute atomic E-state index is 0.252. The van der Waals surface area contributed by atoms with Crippen molar-refractivity contribution in [3.63, 3.8) is 0 Å². The molecule has 0 bridgehead atoms. The predicted octanol–water partition coefficient (Wildman–Crippen LogP) is 2.42. The molecule has 2 aromatic rings. The van der Waals surface area contributed by atoms with Crippen LogP contribution in [0.2, 0.25) is 0 Å². The smallest absolute Gasteiger partial charge is 0.240 e. The number of rotatable bonds is 3. The Hall–Kier alpha value is -3.61. The van der Waals surface area contributed by atoms with E-state index in [1.54, 1.807) is 53.7 Å². The van der Waals surface area contributed by atoms with E-state index in [1.807, 2.05) is 0 Å². The Morgan fingerprint density at radius 2 is 1.62 bits per heavy atom. The van der Waals surface area contributed by atoms with E-state index in [4.69, 9.17) is 0 Å². The van der Waals surface area contributed by atoms with Crippen LogP contribution in [0.3, 0.4) is 0 Å². The number of imide groups is 1. The van der Waals surface area contributed by atoms with Crippen LogP contribution in [-0.4, -0.2) is 40.9 Å². The van der Waals surface area contributed by atoms with Crippen LogP contribution in [0.15, 0.2) is 71.9 Å². The van der Waals surface area contributed by atoms with Gasteiger partial charge in [0, 0.05) is 11.8 Å². The highest BCUT2D eigenvalue weighted by molar-refractivity contribution is 6.24. The van der Waals surface area contributed by atoms with Gasteiger partial charge >= 0.3 is 0 Å². The number of hydrogen-bond donors (Lipinski definition) is 0. The van der Waals surface area contributed by atoms with Crippen LogP contribution in [0, 0.1) is 17.7 Å². The van der Waals surface area contributed by atoms with E-state index in [0.717, 1.165) is 4.90 Å². The molecular weight excluding hydrogens is 373 g/mol. The maximum Gasteiger partial charge on any atom is 0.240 e. The summed E-state index contributed by atoms with van der Waals surface area (Å²) in [6, 6.07) is 12.5. The summed E-state index contributed by atoms with van der Waals surface area (Å²) in [6.07, 6.45) is 5.06. The van der Waals surface area contributed by atoms with Gasteiger partial charge in [-0.1, -0.05) is 36.4 Å². The zero-order valence-electron chi connectivity index (χ0n) is 15.2. The number of fused-ring (bicyclic) bond motifs is 3. The molecule has 3 aliphatic rings. The van der Waals surface area contributed by atoms with Crippen LogP contribution >= 0.6 is 0 Å². The lowest BCUT2D eigenvalue weighted by atomic mass is 9.86. The second-order valence-corrected chi connectivity index (χ2v) is 7.24. The fourth-order valence-corrected chi connectivity index (χ4v) is 4.46. The predicted molar refractivity (Wildman–Crippen MR) is 104 cm³/mol. The van der Waals surface area contributed by atoms with Gasteiger partial charge in [-0.25, -0.2) is 9.29 Å². The van der Waals surface area contributed by atoms with E-state index >= 15 is 0 Å². The zero-order valence-corrected chi connectivity index (χ0v) is 15.2. The Balaban J connectivity index is 1.58. The normalized spacial score (nSPS) is 27.3. The molecule has 2 amide bonds. The molecule has 3 aliphatic heterocycles. The Morgan fingerprint density at radius 3 is 2.34 bits per heavy atom. The van der Waals surface area contributed by atoms with Crippen LogP contribution in [0.4, 0.5) is 10.1 Å². The van der Waals surface area contributed by atoms with Gasteiger partial charge in [-0.2, -0.15) is 5.10 Å². The van der Waals surface area contributed by atoms with Gasteiger partial charge in [-0.15, -0.1) is 0 Å². The summed E-state index contributed by atoms with van der Waals surface area (Å²) in [5.41, 5.74) is 0.763. The molecule has 7 heteroatoms. The lowest BCUT2D eigenvalue weighted by Gasteiger charge is -2.30. The number of carbonyl (C=O) groups excluding carboxylic acids is 3. The first kappa shape index (κ1) is 17.5. The quantitative estimate of drug-likeness (QED) is 0.597. The second kappa shape index (κ2) is 6.48. The van der Waals surface area contributed by atoms with Crippen LogP contribution in [0.5, 0.6) is 0 Å². The highest BCUT2D eigenvalue weighted by Gasteiger charge is 2.64. The number of ketones is 1. The van der Waals surface area contributed by atoms with E-state index in [-0.39, 0.29) is 5.78 Å². The maximum absolute atomic E-state index is 13.3. The summed E-state index contributed by atoms with van der Waals surface area (Å²) < 4.78 is 13.3. The third-order valence-electron chi connectivity index (χ3n) is 5.70. The Morgan fingerprint density at radius 1 is 0.931 bits per heavy atom. The van der Waals surface area contributed by atoms with E-state index in [0.29, 0.717) is 11.3 Å². The van der Waals surface area contributed by atoms with Gasteiger partial charge in [0.05, 0.1) is 23.6 Å². The molecular formula is C22H16FN3O3. The number of allylic oxidation sites excluding steroid dienone is 1. The Labute approximate surface area is 165 Å². The highest BCUT2D eigenvalue weighted by atomic mass is 19.1. The Bertz CT molecular complexity index is 1060. The van der Waals surface area contributed by atoms with Gasteiger partial charge in [0.15, 0.2) is 5.78 Å². The summed E-state index contributed by atoms with van der Waals surface area (Å²) in [6.45, 7) is 0. The zero-order chi connectivity index (χ0) is 20.1. The average molecular weight is 389 g/mol. The van der Waals surface area contributed by atoms with Gasteiger partial charge in [0.25, 0.3) is 0 Å². The number of hydrogen-bond acceptors (Lipinski definition) is 5. The lowest BCUT2D eigenvalue weighted by Crippen LogP contribution is -2.46. The fourth-order valence-electron chi connectivity index (χ4n) is 4.46. The number of Topliss-reactive ketones (excluding diaryl/α,β-unsaturated/α-hetero) is 1. The number of halogens is 1. The number of hydrazone groups is 1. The second-order valence-electron chi connectivity index (χ2n) is 7.24. The fraction of sp³-hybridized carbons (Fsp3) is 0.182. The van der Waals surface area contributed by atoms with Crippen molar-refractivity contribution in [2.75, 3.05) is 4.90 Å². The van der Waals surface area contributed by atoms with Gasteiger partial charge < -0.3 is 0 Å². The van der Waals surface area contributed by atoms with E-state index < -0.39 is 41.6 Å². The summed E-state index contributed by atoms with van der Waals surface area (Å²) in [5, 5.41) is 5.88. The van der Waals surface area contributed by atoms with E-state index in [9.17, 15) is 18.8 Å². The van der Waals surface area contributed by atoms with Crippen molar-refractivity contribution in [2.45, 2.75) is 12.1 Å². The third-order valence-corrected chi connectivity index (χ3v) is 5.70. The molecule has 2 saturated heterocycles. The molecule has 0 aliphatic carbocycles. The molecule has 29 heavy (non-hydrogen) atoms. The van der Waals surface area contributed by atoms with Crippen molar-refractivity contribution in [2.24, 2.45) is 16.9 Å². The number of carbonyl (C=O) groups is 3. The molecule has 2 fully saturated rings. The monoisotopic (exact) mass is 389 g/mol. The molecule has 0 aromatic heterocycles. The van der Waals surface area contributed by atoms with Crippen LogP contribution in [0.25, 0.3) is 0 Å². The molecule has 0 saturated carbocycles. The van der Waals surface area contributed by atoms with Gasteiger partial charge in [0.2, 0.25) is 11.8 Å². The highest BCUT2D eigenvalue weighted by Crippen LogP contribution is 2.46. The number of anilines is 1. The minimum Gasteiger partial charge on any atom is -0.292 e.